The topological polar surface area (TPSA) is 113 Å². The lowest BCUT2D eigenvalue weighted by Crippen LogP contribution is -2.30. The third kappa shape index (κ3) is 5.76. The van der Waals surface area contributed by atoms with Gasteiger partial charge in [-0.15, -0.1) is 0 Å². The van der Waals surface area contributed by atoms with Crippen LogP contribution in [0.15, 0.2) is 63.0 Å². The molecule has 202 valence electrons. The van der Waals surface area contributed by atoms with E-state index in [0.29, 0.717) is 41.2 Å². The Morgan fingerprint density at radius 1 is 1.18 bits per heavy atom. The maximum absolute atomic E-state index is 13.5. The number of carbonyl (C=O) groups excluding carboxylic acids is 1. The predicted octanol–water partition coefficient (Wildman–Crippen LogP) is 3.61. The SMILES string of the molecule is COc1cc(C)c(S(=O)(=O)N(C)C(C)c2cc(C(=O)NCCc3ccc(C4=NCCN4)cc3)co2)c(C)c1. The molecule has 1 amide bonds. The van der Waals surface area contributed by atoms with Crippen molar-refractivity contribution in [2.75, 3.05) is 33.8 Å². The van der Waals surface area contributed by atoms with Crippen LogP contribution in [0.3, 0.4) is 0 Å². The highest BCUT2D eigenvalue weighted by Crippen LogP contribution is 2.32. The maximum atomic E-state index is 13.5. The zero-order valence-corrected chi connectivity index (χ0v) is 23.2. The van der Waals surface area contributed by atoms with E-state index in [4.69, 9.17) is 9.15 Å². The first-order valence-corrected chi connectivity index (χ1v) is 13.9. The van der Waals surface area contributed by atoms with Gasteiger partial charge in [0.1, 0.15) is 23.6 Å². The van der Waals surface area contributed by atoms with Crippen molar-refractivity contribution in [3.05, 3.63) is 82.3 Å². The van der Waals surface area contributed by atoms with Crippen molar-refractivity contribution >= 4 is 21.8 Å². The van der Waals surface area contributed by atoms with Gasteiger partial charge in [0.25, 0.3) is 5.91 Å². The molecule has 2 N–H and O–H groups in total. The van der Waals surface area contributed by atoms with Gasteiger partial charge in [0.2, 0.25) is 10.0 Å². The summed E-state index contributed by atoms with van der Waals surface area (Å²) in [5, 5.41) is 6.16. The largest absolute Gasteiger partial charge is 0.497 e. The Kier molecular flexibility index (Phi) is 8.23. The number of nitrogens with one attached hydrogen (secondary N) is 2. The Morgan fingerprint density at radius 3 is 2.47 bits per heavy atom. The van der Waals surface area contributed by atoms with E-state index in [0.717, 1.165) is 30.1 Å². The van der Waals surface area contributed by atoms with Crippen LogP contribution >= 0.6 is 0 Å². The summed E-state index contributed by atoms with van der Waals surface area (Å²) >= 11 is 0. The number of benzene rings is 2. The number of nitrogens with zero attached hydrogens (tertiary/aromatic N) is 2. The predicted molar refractivity (Wildman–Crippen MR) is 146 cm³/mol. The number of aliphatic imine (C=N–C) groups is 1. The van der Waals surface area contributed by atoms with Crippen molar-refractivity contribution < 1.29 is 22.4 Å². The third-order valence-electron chi connectivity index (χ3n) is 6.75. The molecular formula is C28H34N4O5S. The smallest absolute Gasteiger partial charge is 0.254 e. The number of ether oxygens (including phenoxy) is 1. The van der Waals surface area contributed by atoms with Crippen molar-refractivity contribution in [1.82, 2.24) is 14.9 Å². The van der Waals surface area contributed by atoms with Gasteiger partial charge in [-0.1, -0.05) is 24.3 Å². The lowest BCUT2D eigenvalue weighted by molar-refractivity contribution is 0.0953. The molecule has 1 aliphatic rings. The Hall–Kier alpha value is -3.63. The summed E-state index contributed by atoms with van der Waals surface area (Å²) in [7, 11) is -0.780. The van der Waals surface area contributed by atoms with Crippen LogP contribution in [0.1, 0.15) is 51.3 Å². The van der Waals surface area contributed by atoms with Gasteiger partial charge in [-0.25, -0.2) is 8.42 Å². The van der Waals surface area contributed by atoms with E-state index in [-0.39, 0.29) is 10.8 Å². The number of hydrogen-bond acceptors (Lipinski definition) is 7. The van der Waals surface area contributed by atoms with Crippen LogP contribution in [0.4, 0.5) is 0 Å². The highest BCUT2D eigenvalue weighted by atomic mass is 32.2. The fourth-order valence-electron chi connectivity index (χ4n) is 4.50. The van der Waals surface area contributed by atoms with Gasteiger partial charge in [-0.3, -0.25) is 9.79 Å². The zero-order chi connectivity index (χ0) is 27.4. The Labute approximate surface area is 224 Å². The fraction of sp³-hybridized carbons (Fsp3) is 0.357. The number of rotatable bonds is 10. The fourth-order valence-corrected chi connectivity index (χ4v) is 6.24. The molecule has 1 aliphatic heterocycles. The van der Waals surface area contributed by atoms with Gasteiger partial charge < -0.3 is 19.8 Å². The molecule has 0 fully saturated rings. The Morgan fingerprint density at radius 2 is 1.87 bits per heavy atom. The minimum atomic E-state index is -3.83. The molecule has 2 heterocycles. The molecule has 0 spiro atoms. The van der Waals surface area contributed by atoms with Gasteiger partial charge in [-0.2, -0.15) is 4.31 Å². The first-order valence-electron chi connectivity index (χ1n) is 12.5. The molecule has 0 aliphatic carbocycles. The number of sulfonamides is 1. The molecule has 1 aromatic heterocycles. The molecule has 0 radical (unpaired) electrons. The average Bonchev–Trinajstić information content (AvgIpc) is 3.60. The van der Waals surface area contributed by atoms with E-state index in [1.54, 1.807) is 46.1 Å². The Bertz CT molecular complexity index is 1420. The van der Waals surface area contributed by atoms with Crippen molar-refractivity contribution in [1.29, 1.82) is 0 Å². The normalized spacial score (nSPS) is 14.2. The molecule has 38 heavy (non-hydrogen) atoms. The molecule has 0 bridgehead atoms. The zero-order valence-electron chi connectivity index (χ0n) is 22.4. The first-order chi connectivity index (χ1) is 18.1. The van der Waals surface area contributed by atoms with E-state index in [9.17, 15) is 13.2 Å². The minimum absolute atomic E-state index is 0.234. The second-order valence-corrected chi connectivity index (χ2v) is 11.3. The van der Waals surface area contributed by atoms with E-state index >= 15 is 0 Å². The summed E-state index contributed by atoms with van der Waals surface area (Å²) in [5.41, 5.74) is 3.69. The number of hydrogen-bond donors (Lipinski definition) is 2. The number of amidine groups is 1. The molecule has 3 aromatic rings. The standard InChI is InChI=1S/C28H34N4O5S/c1-18-14-24(36-5)15-19(2)26(18)38(34,35)32(4)20(3)25-16-23(17-37-25)28(33)31-11-10-21-6-8-22(9-7-21)27-29-12-13-30-27/h6-9,14-17,20H,10-13H2,1-5H3,(H,29,30)(H,31,33). The van der Waals surface area contributed by atoms with Crippen molar-refractivity contribution in [2.24, 2.45) is 4.99 Å². The Balaban J connectivity index is 1.37. The molecule has 10 heteroatoms. The summed E-state index contributed by atoms with van der Waals surface area (Å²) in [5.74, 6) is 1.62. The number of aryl methyl sites for hydroxylation is 2. The molecule has 2 aromatic carbocycles. The van der Waals surface area contributed by atoms with Crippen LogP contribution in [-0.4, -0.2) is 58.3 Å². The quantitative estimate of drug-likeness (QED) is 0.408. The van der Waals surface area contributed by atoms with Crippen molar-refractivity contribution in [3.8, 4) is 5.75 Å². The van der Waals surface area contributed by atoms with Gasteiger partial charge in [0.05, 0.1) is 30.2 Å². The summed E-state index contributed by atoms with van der Waals surface area (Å²) in [6.07, 6.45) is 2.03. The highest BCUT2D eigenvalue weighted by molar-refractivity contribution is 7.89. The molecule has 1 atom stereocenters. The minimum Gasteiger partial charge on any atom is -0.497 e. The van der Waals surface area contributed by atoms with Gasteiger partial charge in [-0.05, 0) is 62.1 Å². The van der Waals surface area contributed by atoms with Gasteiger partial charge in [0, 0.05) is 25.7 Å². The van der Waals surface area contributed by atoms with Crippen LogP contribution in [0.25, 0.3) is 0 Å². The molecule has 1 unspecified atom stereocenters. The highest BCUT2D eigenvalue weighted by Gasteiger charge is 2.31. The van der Waals surface area contributed by atoms with Crippen molar-refractivity contribution in [2.45, 2.75) is 38.1 Å². The van der Waals surface area contributed by atoms with E-state index in [1.165, 1.54) is 17.6 Å². The number of amides is 1. The molecule has 4 rings (SSSR count). The van der Waals surface area contributed by atoms with Crippen LogP contribution in [-0.2, 0) is 16.4 Å². The maximum Gasteiger partial charge on any atom is 0.254 e. The van der Waals surface area contributed by atoms with Crippen molar-refractivity contribution in [3.63, 3.8) is 0 Å². The number of methoxy groups -OCH3 is 1. The summed E-state index contributed by atoms with van der Waals surface area (Å²) in [4.78, 5) is 17.4. The second kappa shape index (κ2) is 11.4. The summed E-state index contributed by atoms with van der Waals surface area (Å²) in [6.45, 7) is 7.33. The van der Waals surface area contributed by atoms with Crippen LogP contribution in [0, 0.1) is 13.8 Å². The van der Waals surface area contributed by atoms with Crippen LogP contribution < -0.4 is 15.4 Å². The molecule has 0 saturated carbocycles. The number of furan rings is 1. The average molecular weight is 539 g/mol. The van der Waals surface area contributed by atoms with Crippen LogP contribution in [0.2, 0.25) is 0 Å². The summed E-state index contributed by atoms with van der Waals surface area (Å²) < 4.78 is 39.0. The molecular weight excluding hydrogens is 504 g/mol. The summed E-state index contributed by atoms with van der Waals surface area (Å²) in [6, 6.07) is 12.5. The van der Waals surface area contributed by atoms with E-state index in [1.807, 2.05) is 24.3 Å². The van der Waals surface area contributed by atoms with E-state index < -0.39 is 16.1 Å². The lowest BCUT2D eigenvalue weighted by Gasteiger charge is -2.25. The lowest BCUT2D eigenvalue weighted by atomic mass is 10.1. The van der Waals surface area contributed by atoms with E-state index in [2.05, 4.69) is 15.6 Å². The third-order valence-corrected chi connectivity index (χ3v) is 8.98. The van der Waals surface area contributed by atoms with Gasteiger partial charge in [0.15, 0.2) is 0 Å². The monoisotopic (exact) mass is 538 g/mol. The second-order valence-electron chi connectivity index (χ2n) is 9.39. The number of carbonyl (C=O) groups is 1. The molecule has 9 nitrogen and oxygen atoms in total. The van der Waals surface area contributed by atoms with Gasteiger partial charge >= 0.3 is 0 Å². The van der Waals surface area contributed by atoms with Crippen LogP contribution in [0.5, 0.6) is 5.75 Å². The first kappa shape index (κ1) is 27.4. The molecule has 0 saturated heterocycles.